The van der Waals surface area contributed by atoms with Crippen molar-refractivity contribution in [2.45, 2.75) is 4.90 Å². The Balaban J connectivity index is 2.36. The van der Waals surface area contributed by atoms with Crippen molar-refractivity contribution in [1.29, 1.82) is 0 Å². The molecular formula is C9H9N5O5S. The van der Waals surface area contributed by atoms with Crippen molar-refractivity contribution in [1.82, 2.24) is 15.0 Å². The Morgan fingerprint density at radius 3 is 2.55 bits per heavy atom. The lowest BCUT2D eigenvalue weighted by atomic mass is 10.3. The first-order valence-corrected chi connectivity index (χ1v) is 6.51. The highest BCUT2D eigenvalue weighted by molar-refractivity contribution is 7.86. The number of nitrogens with zero attached hydrogens (tertiary/aromatic N) is 2. The van der Waals surface area contributed by atoms with E-state index in [4.69, 9.17) is 10.3 Å². The number of aromatic amines is 1. The Labute approximate surface area is 112 Å². The summed E-state index contributed by atoms with van der Waals surface area (Å²) in [6.45, 7) is 0. The van der Waals surface area contributed by atoms with Gasteiger partial charge in [0.15, 0.2) is 0 Å². The number of aromatic hydroxyl groups is 1. The van der Waals surface area contributed by atoms with Crippen LogP contribution in [0.4, 0.5) is 17.6 Å². The second kappa shape index (κ2) is 4.79. The SMILES string of the molecule is Nc1nc(Nc2ccc(S(=O)(=O)O)c(O)c2)nc(=O)[nH]1. The Morgan fingerprint density at radius 1 is 1.30 bits per heavy atom. The van der Waals surface area contributed by atoms with Gasteiger partial charge in [0.1, 0.15) is 10.6 Å². The minimum absolute atomic E-state index is 0.134. The van der Waals surface area contributed by atoms with Crippen LogP contribution in [0.25, 0.3) is 0 Å². The molecule has 106 valence electrons. The smallest absolute Gasteiger partial charge is 0.350 e. The molecule has 2 aromatic rings. The number of hydrogen-bond donors (Lipinski definition) is 5. The maximum atomic E-state index is 11.1. The molecule has 0 spiro atoms. The summed E-state index contributed by atoms with van der Waals surface area (Å²) in [5.74, 6) is -0.966. The van der Waals surface area contributed by atoms with E-state index in [0.717, 1.165) is 12.1 Å². The molecule has 0 amide bonds. The molecule has 0 unspecified atom stereocenters. The zero-order chi connectivity index (χ0) is 14.9. The molecule has 0 fully saturated rings. The molecule has 0 saturated heterocycles. The molecule has 0 aliphatic carbocycles. The summed E-state index contributed by atoms with van der Waals surface area (Å²) >= 11 is 0. The number of aromatic nitrogens is 3. The molecular weight excluding hydrogens is 290 g/mol. The highest BCUT2D eigenvalue weighted by atomic mass is 32.2. The Bertz CT molecular complexity index is 816. The molecule has 0 saturated carbocycles. The lowest BCUT2D eigenvalue weighted by Gasteiger charge is -2.07. The van der Waals surface area contributed by atoms with Gasteiger partial charge in [-0.3, -0.25) is 9.54 Å². The van der Waals surface area contributed by atoms with E-state index in [1.807, 2.05) is 0 Å². The minimum atomic E-state index is -4.52. The Kier molecular flexibility index (Phi) is 3.29. The highest BCUT2D eigenvalue weighted by Gasteiger charge is 2.15. The Hall–Kier alpha value is -2.66. The van der Waals surface area contributed by atoms with Gasteiger partial charge in [-0.05, 0) is 12.1 Å². The van der Waals surface area contributed by atoms with Crippen LogP contribution in [0.3, 0.4) is 0 Å². The molecule has 0 bridgehead atoms. The van der Waals surface area contributed by atoms with Crippen LogP contribution in [0.1, 0.15) is 0 Å². The monoisotopic (exact) mass is 299 g/mol. The van der Waals surface area contributed by atoms with Crippen molar-refractivity contribution in [2.24, 2.45) is 0 Å². The summed E-state index contributed by atoms with van der Waals surface area (Å²) in [5, 5.41) is 12.0. The van der Waals surface area contributed by atoms with Gasteiger partial charge in [-0.15, -0.1) is 0 Å². The second-order valence-corrected chi connectivity index (χ2v) is 5.04. The van der Waals surface area contributed by atoms with Crippen molar-refractivity contribution in [2.75, 3.05) is 11.1 Å². The molecule has 0 aliphatic heterocycles. The average molecular weight is 299 g/mol. The third-order valence-electron chi connectivity index (χ3n) is 2.16. The van der Waals surface area contributed by atoms with Crippen molar-refractivity contribution >= 4 is 27.7 Å². The maximum absolute atomic E-state index is 11.1. The first-order chi connectivity index (χ1) is 9.25. The zero-order valence-electron chi connectivity index (χ0n) is 9.73. The maximum Gasteiger partial charge on any atom is 0.350 e. The number of nitrogen functional groups attached to an aromatic ring is 1. The molecule has 0 atom stereocenters. The van der Waals surface area contributed by atoms with Gasteiger partial charge in [-0.2, -0.15) is 18.4 Å². The van der Waals surface area contributed by atoms with Gasteiger partial charge in [0, 0.05) is 11.8 Å². The summed E-state index contributed by atoms with van der Waals surface area (Å²) in [4.78, 5) is 19.7. The standard InChI is InChI=1S/C9H9N5O5S/c10-7-12-8(14-9(16)13-7)11-4-1-2-6(5(15)3-4)20(17,18)19/h1-3,15H,(H,17,18,19)(H4,10,11,12,13,14,16). The van der Waals surface area contributed by atoms with Crippen molar-refractivity contribution < 1.29 is 18.1 Å². The fourth-order valence-corrected chi connectivity index (χ4v) is 1.96. The Morgan fingerprint density at radius 2 is 2.00 bits per heavy atom. The predicted molar refractivity (Wildman–Crippen MR) is 68.3 cm³/mol. The van der Waals surface area contributed by atoms with E-state index in [2.05, 4.69) is 20.3 Å². The van der Waals surface area contributed by atoms with Crippen LogP contribution in [0, 0.1) is 0 Å². The van der Waals surface area contributed by atoms with Crippen LogP contribution in [-0.4, -0.2) is 33.0 Å². The van der Waals surface area contributed by atoms with Crippen LogP contribution >= 0.6 is 0 Å². The molecule has 2 rings (SSSR count). The third kappa shape index (κ3) is 3.02. The molecule has 0 aliphatic rings. The van der Waals surface area contributed by atoms with Gasteiger partial charge in [0.2, 0.25) is 11.9 Å². The van der Waals surface area contributed by atoms with E-state index in [-0.39, 0.29) is 17.6 Å². The summed E-state index contributed by atoms with van der Waals surface area (Å²) in [7, 11) is -4.52. The number of benzene rings is 1. The molecule has 1 heterocycles. The van der Waals surface area contributed by atoms with Crippen LogP contribution in [-0.2, 0) is 10.1 Å². The number of phenolic OH excluding ortho intramolecular Hbond substituents is 1. The summed E-state index contributed by atoms with van der Waals surface area (Å²) in [6.07, 6.45) is 0. The third-order valence-corrected chi connectivity index (χ3v) is 3.06. The van der Waals surface area contributed by atoms with E-state index >= 15 is 0 Å². The first-order valence-electron chi connectivity index (χ1n) is 5.07. The molecule has 11 heteroatoms. The van der Waals surface area contributed by atoms with Gasteiger partial charge in [0.05, 0.1) is 0 Å². The van der Waals surface area contributed by atoms with Crippen LogP contribution in [0.5, 0.6) is 5.75 Å². The van der Waals surface area contributed by atoms with E-state index < -0.39 is 26.5 Å². The van der Waals surface area contributed by atoms with E-state index in [1.165, 1.54) is 6.07 Å². The average Bonchev–Trinajstić information content (AvgIpc) is 2.25. The number of phenols is 1. The zero-order valence-corrected chi connectivity index (χ0v) is 10.5. The van der Waals surface area contributed by atoms with Crippen LogP contribution in [0.15, 0.2) is 27.9 Å². The number of rotatable bonds is 3. The molecule has 1 aromatic heterocycles. The normalized spacial score (nSPS) is 11.2. The number of anilines is 3. The van der Waals surface area contributed by atoms with Gasteiger partial charge in [-0.25, -0.2) is 4.79 Å². The van der Waals surface area contributed by atoms with Gasteiger partial charge in [-0.1, -0.05) is 0 Å². The number of H-pyrrole nitrogens is 1. The summed E-state index contributed by atoms with van der Waals surface area (Å²) in [5.41, 5.74) is 4.79. The second-order valence-electron chi connectivity index (χ2n) is 3.65. The van der Waals surface area contributed by atoms with Crippen LogP contribution < -0.4 is 16.7 Å². The van der Waals surface area contributed by atoms with Gasteiger partial charge in [0.25, 0.3) is 10.1 Å². The van der Waals surface area contributed by atoms with E-state index in [9.17, 15) is 18.3 Å². The first kappa shape index (κ1) is 13.8. The van der Waals surface area contributed by atoms with Gasteiger partial charge >= 0.3 is 5.69 Å². The van der Waals surface area contributed by atoms with E-state index in [0.29, 0.717) is 0 Å². The lowest BCUT2D eigenvalue weighted by Crippen LogP contribution is -2.16. The fourth-order valence-electron chi connectivity index (χ4n) is 1.40. The van der Waals surface area contributed by atoms with E-state index in [1.54, 1.807) is 0 Å². The van der Waals surface area contributed by atoms with Crippen LogP contribution in [0.2, 0.25) is 0 Å². The van der Waals surface area contributed by atoms with Crippen molar-refractivity contribution in [3.63, 3.8) is 0 Å². The fraction of sp³-hybridized carbons (Fsp3) is 0. The predicted octanol–water partition coefficient (Wildman–Crippen LogP) is -0.557. The largest absolute Gasteiger partial charge is 0.506 e. The topological polar surface area (TPSA) is 171 Å². The number of hydrogen-bond acceptors (Lipinski definition) is 8. The molecule has 0 radical (unpaired) electrons. The van der Waals surface area contributed by atoms with Crippen molar-refractivity contribution in [3.05, 3.63) is 28.7 Å². The number of nitrogens with one attached hydrogen (secondary N) is 2. The molecule has 10 nitrogen and oxygen atoms in total. The highest BCUT2D eigenvalue weighted by Crippen LogP contribution is 2.26. The quantitative estimate of drug-likeness (QED) is 0.466. The number of nitrogens with two attached hydrogens (primary N) is 1. The lowest BCUT2D eigenvalue weighted by molar-refractivity contribution is 0.443. The molecule has 20 heavy (non-hydrogen) atoms. The summed E-state index contributed by atoms with van der Waals surface area (Å²) in [6, 6.07) is 3.23. The molecule has 1 aromatic carbocycles. The molecule has 6 N–H and O–H groups in total. The van der Waals surface area contributed by atoms with Gasteiger partial charge < -0.3 is 16.2 Å². The van der Waals surface area contributed by atoms with Crippen molar-refractivity contribution in [3.8, 4) is 5.75 Å². The minimum Gasteiger partial charge on any atom is -0.506 e. The summed E-state index contributed by atoms with van der Waals surface area (Å²) < 4.78 is 30.6.